The number of hydrogen-bond acceptors (Lipinski definition) is 2. The largest absolute Gasteiger partial charge is 0.508 e. The molecule has 0 saturated carbocycles. The average Bonchev–Trinajstić information content (AvgIpc) is 2.64. The van der Waals surface area contributed by atoms with Crippen LogP contribution in [0, 0.1) is 0 Å². The molecule has 0 radical (unpaired) electrons. The molecule has 3 aromatic rings. The summed E-state index contributed by atoms with van der Waals surface area (Å²) >= 11 is 2.36. The van der Waals surface area contributed by atoms with Gasteiger partial charge in [0.25, 0.3) is 0 Å². The van der Waals surface area contributed by atoms with Crippen LogP contribution in [0.25, 0.3) is 9.34 Å². The van der Waals surface area contributed by atoms with E-state index in [1.54, 1.807) is 12.1 Å². The van der Waals surface area contributed by atoms with Crippen molar-refractivity contribution >= 4 is 31.9 Å². The van der Waals surface area contributed by atoms with E-state index in [2.05, 4.69) is 52.9 Å². The highest BCUT2D eigenvalue weighted by molar-refractivity contribution is 14.1. The molecular weight excluding hydrogens is 411 g/mol. The second kappa shape index (κ2) is 6.32. The zero-order valence-electron chi connectivity index (χ0n) is 12.8. The highest BCUT2D eigenvalue weighted by atomic mass is 127. The Kier molecular flexibility index (Phi) is 4.02. The van der Waals surface area contributed by atoms with E-state index in [1.165, 1.54) is 5.56 Å². The number of hydrogen-bond donors (Lipinski definition) is 1. The minimum Gasteiger partial charge on any atom is -0.508 e. The number of benzene rings is 3. The van der Waals surface area contributed by atoms with Crippen molar-refractivity contribution in [2.45, 2.75) is 6.10 Å². The van der Waals surface area contributed by atoms with Crippen LogP contribution in [-0.2, 0) is 4.74 Å². The lowest BCUT2D eigenvalue weighted by molar-refractivity contribution is 0.205. The molecule has 1 aliphatic heterocycles. The van der Waals surface area contributed by atoms with Crippen LogP contribution in [0.5, 0.6) is 5.75 Å². The van der Waals surface area contributed by atoms with Gasteiger partial charge in [-0.1, -0.05) is 66.7 Å². The SMILES string of the molecule is Oc1ccc(C2OC(c3ccccc3)=C(I)c3ccccc32)cc1. The van der Waals surface area contributed by atoms with Crippen LogP contribution >= 0.6 is 22.6 Å². The van der Waals surface area contributed by atoms with Gasteiger partial charge in [0, 0.05) is 11.1 Å². The van der Waals surface area contributed by atoms with Crippen LogP contribution in [-0.4, -0.2) is 5.11 Å². The number of phenols is 1. The summed E-state index contributed by atoms with van der Waals surface area (Å²) in [5, 5.41) is 9.57. The summed E-state index contributed by atoms with van der Waals surface area (Å²) < 4.78 is 7.54. The van der Waals surface area contributed by atoms with Crippen molar-refractivity contribution in [2.75, 3.05) is 0 Å². The predicted octanol–water partition coefficient (Wildman–Crippen LogP) is 5.77. The fourth-order valence-electron chi connectivity index (χ4n) is 2.96. The molecule has 1 heterocycles. The summed E-state index contributed by atoms with van der Waals surface area (Å²) in [6.07, 6.45) is -0.185. The second-order valence-electron chi connectivity index (χ2n) is 5.69. The third-order valence-electron chi connectivity index (χ3n) is 4.15. The molecule has 3 heteroatoms. The summed E-state index contributed by atoms with van der Waals surface area (Å²) in [4.78, 5) is 0. The van der Waals surface area contributed by atoms with Crippen LogP contribution in [0.2, 0.25) is 0 Å². The second-order valence-corrected chi connectivity index (χ2v) is 6.76. The van der Waals surface area contributed by atoms with Gasteiger partial charge >= 0.3 is 0 Å². The first-order valence-electron chi connectivity index (χ1n) is 7.74. The third kappa shape index (κ3) is 2.69. The van der Waals surface area contributed by atoms with E-state index in [9.17, 15) is 5.11 Å². The van der Waals surface area contributed by atoms with E-state index < -0.39 is 0 Å². The van der Waals surface area contributed by atoms with Crippen LogP contribution in [0.3, 0.4) is 0 Å². The van der Waals surface area contributed by atoms with Gasteiger partial charge in [0.15, 0.2) is 0 Å². The first-order chi connectivity index (χ1) is 11.7. The zero-order chi connectivity index (χ0) is 16.5. The number of ether oxygens (including phenoxy) is 1. The molecule has 0 aromatic heterocycles. The van der Waals surface area contributed by atoms with E-state index >= 15 is 0 Å². The van der Waals surface area contributed by atoms with E-state index in [0.717, 1.165) is 26.0 Å². The lowest BCUT2D eigenvalue weighted by Gasteiger charge is -2.29. The smallest absolute Gasteiger partial charge is 0.150 e. The molecule has 0 spiro atoms. The Morgan fingerprint density at radius 1 is 0.792 bits per heavy atom. The van der Waals surface area contributed by atoms with Gasteiger partial charge in [0.1, 0.15) is 17.6 Å². The molecule has 0 amide bonds. The number of phenolic OH excluding ortho intramolecular Hbond substituents is 1. The van der Waals surface area contributed by atoms with Crippen molar-refractivity contribution in [1.29, 1.82) is 0 Å². The molecule has 4 rings (SSSR count). The van der Waals surface area contributed by atoms with Crippen LogP contribution < -0.4 is 0 Å². The molecule has 3 aromatic carbocycles. The van der Waals surface area contributed by atoms with Gasteiger partial charge in [-0.3, -0.25) is 0 Å². The summed E-state index contributed by atoms with van der Waals surface area (Å²) in [6.45, 7) is 0. The topological polar surface area (TPSA) is 29.5 Å². The van der Waals surface area contributed by atoms with Gasteiger partial charge < -0.3 is 9.84 Å². The molecule has 0 fully saturated rings. The first kappa shape index (κ1) is 15.3. The minimum atomic E-state index is -0.185. The van der Waals surface area contributed by atoms with Crippen molar-refractivity contribution in [3.05, 3.63) is 101 Å². The van der Waals surface area contributed by atoms with Crippen molar-refractivity contribution in [3.63, 3.8) is 0 Å². The lowest BCUT2D eigenvalue weighted by Crippen LogP contribution is -2.13. The lowest BCUT2D eigenvalue weighted by atomic mass is 9.93. The summed E-state index contributed by atoms with van der Waals surface area (Å²) in [5.41, 5.74) is 4.44. The van der Waals surface area contributed by atoms with E-state index in [4.69, 9.17) is 4.74 Å². The van der Waals surface area contributed by atoms with Gasteiger partial charge in [-0.15, -0.1) is 0 Å². The Labute approximate surface area is 154 Å². The molecule has 1 unspecified atom stereocenters. The third-order valence-corrected chi connectivity index (χ3v) is 5.22. The first-order valence-corrected chi connectivity index (χ1v) is 8.82. The monoisotopic (exact) mass is 426 g/mol. The average molecular weight is 426 g/mol. The summed E-state index contributed by atoms with van der Waals surface area (Å²) in [7, 11) is 0. The molecule has 0 aliphatic carbocycles. The highest BCUT2D eigenvalue weighted by Gasteiger charge is 2.28. The molecule has 1 atom stereocenters. The molecule has 1 N–H and O–H groups in total. The highest BCUT2D eigenvalue weighted by Crippen LogP contribution is 2.46. The standard InChI is InChI=1S/C21H15IO2/c22-19-17-8-4-5-9-18(17)20(15-10-12-16(23)13-11-15)24-21(19)14-6-2-1-3-7-14/h1-13,20,23H. The van der Waals surface area contributed by atoms with Crippen LogP contribution in [0.1, 0.15) is 28.4 Å². The predicted molar refractivity (Wildman–Crippen MR) is 105 cm³/mol. The zero-order valence-corrected chi connectivity index (χ0v) is 15.0. The van der Waals surface area contributed by atoms with E-state index in [-0.39, 0.29) is 11.9 Å². The van der Waals surface area contributed by atoms with Crippen molar-refractivity contribution in [3.8, 4) is 5.75 Å². The molecular formula is C21H15IO2. The minimum absolute atomic E-state index is 0.185. The molecule has 0 bridgehead atoms. The van der Waals surface area contributed by atoms with Gasteiger partial charge in [-0.05, 0) is 45.9 Å². The quantitative estimate of drug-likeness (QED) is 0.527. The maximum absolute atomic E-state index is 9.57. The number of rotatable bonds is 2. The normalized spacial score (nSPS) is 16.5. The fourth-order valence-corrected chi connectivity index (χ4v) is 3.89. The molecule has 24 heavy (non-hydrogen) atoms. The van der Waals surface area contributed by atoms with Gasteiger partial charge in [-0.2, -0.15) is 0 Å². The summed E-state index contributed by atoms with van der Waals surface area (Å²) in [5.74, 6) is 1.16. The van der Waals surface area contributed by atoms with Gasteiger partial charge in [-0.25, -0.2) is 0 Å². The Morgan fingerprint density at radius 3 is 2.21 bits per heavy atom. The molecule has 118 valence electrons. The van der Waals surface area contributed by atoms with Crippen molar-refractivity contribution in [2.24, 2.45) is 0 Å². The van der Waals surface area contributed by atoms with Gasteiger partial charge in [0.05, 0.1) is 3.58 Å². The maximum Gasteiger partial charge on any atom is 0.150 e. The van der Waals surface area contributed by atoms with Crippen LogP contribution in [0.4, 0.5) is 0 Å². The molecule has 1 aliphatic rings. The Hall–Kier alpha value is -2.27. The number of aromatic hydroxyl groups is 1. The maximum atomic E-state index is 9.57. The Bertz CT molecular complexity index is 899. The Morgan fingerprint density at radius 2 is 1.46 bits per heavy atom. The molecule has 2 nitrogen and oxygen atoms in total. The number of halogens is 1. The van der Waals surface area contributed by atoms with Gasteiger partial charge in [0.2, 0.25) is 0 Å². The van der Waals surface area contributed by atoms with Crippen LogP contribution in [0.15, 0.2) is 78.9 Å². The number of fused-ring (bicyclic) bond motifs is 1. The summed E-state index contributed by atoms with van der Waals surface area (Å²) in [6, 6.07) is 25.7. The molecule has 0 saturated heterocycles. The van der Waals surface area contributed by atoms with E-state index in [1.807, 2.05) is 36.4 Å². The fraction of sp³-hybridized carbons (Fsp3) is 0.0476. The Balaban J connectivity index is 1.88. The van der Waals surface area contributed by atoms with E-state index in [0.29, 0.717) is 0 Å². The van der Waals surface area contributed by atoms with Crippen molar-refractivity contribution < 1.29 is 9.84 Å². The van der Waals surface area contributed by atoms with Crippen molar-refractivity contribution in [1.82, 2.24) is 0 Å².